The van der Waals surface area contributed by atoms with Crippen LogP contribution in [0.25, 0.3) is 11.0 Å². The van der Waals surface area contributed by atoms with Gasteiger partial charge in [0.1, 0.15) is 17.3 Å². The van der Waals surface area contributed by atoms with Gasteiger partial charge in [-0.3, -0.25) is 14.4 Å². The number of fused-ring (bicyclic) bond motifs is 1. The zero-order chi connectivity index (χ0) is 23.1. The molecule has 0 radical (unpaired) electrons. The quantitative estimate of drug-likeness (QED) is 0.572. The van der Waals surface area contributed by atoms with Crippen molar-refractivity contribution >= 4 is 28.7 Å². The van der Waals surface area contributed by atoms with Crippen molar-refractivity contribution in [3.05, 3.63) is 34.6 Å². The number of benzene rings is 1. The van der Waals surface area contributed by atoms with Crippen molar-refractivity contribution in [2.45, 2.75) is 59.5 Å². The zero-order valence-electron chi connectivity index (χ0n) is 18.9. The SMILES string of the molecule is CCOC(=O)C1C(=O)CC(C)(O)C(C(=O)OCC)C1c1cc(C)c2oc(C)c(C)c2c1. The van der Waals surface area contributed by atoms with E-state index in [2.05, 4.69) is 0 Å². The van der Waals surface area contributed by atoms with E-state index in [1.54, 1.807) is 13.8 Å². The third kappa shape index (κ3) is 3.99. The van der Waals surface area contributed by atoms with Gasteiger partial charge >= 0.3 is 11.9 Å². The number of aryl methyl sites for hydroxylation is 3. The molecule has 4 unspecified atom stereocenters. The van der Waals surface area contributed by atoms with Crippen LogP contribution in [0.1, 0.15) is 55.6 Å². The molecule has 0 saturated heterocycles. The van der Waals surface area contributed by atoms with Gasteiger partial charge in [0.05, 0.1) is 24.7 Å². The summed E-state index contributed by atoms with van der Waals surface area (Å²) in [5.41, 5.74) is 1.40. The smallest absolute Gasteiger partial charge is 0.317 e. The predicted octanol–water partition coefficient (Wildman–Crippen LogP) is 3.52. The van der Waals surface area contributed by atoms with Crippen LogP contribution in [0.4, 0.5) is 0 Å². The van der Waals surface area contributed by atoms with Crippen molar-refractivity contribution in [1.29, 1.82) is 0 Å². The Hall–Kier alpha value is -2.67. The number of Topliss-reactive ketones (excluding diaryl/α,β-unsaturated/α-hetero) is 1. The van der Waals surface area contributed by atoms with Crippen LogP contribution >= 0.6 is 0 Å². The Kier molecular flexibility index (Phi) is 6.28. The first-order valence-corrected chi connectivity index (χ1v) is 10.6. The highest BCUT2D eigenvalue weighted by molar-refractivity contribution is 6.03. The normalized spacial score (nSPS) is 26.2. The molecule has 1 fully saturated rings. The van der Waals surface area contributed by atoms with E-state index in [9.17, 15) is 19.5 Å². The molecule has 3 rings (SSSR count). The molecule has 4 atom stereocenters. The monoisotopic (exact) mass is 430 g/mol. The Morgan fingerprint density at radius 1 is 1.13 bits per heavy atom. The predicted molar refractivity (Wildman–Crippen MR) is 114 cm³/mol. The maximum absolute atomic E-state index is 13.0. The number of hydrogen-bond donors (Lipinski definition) is 1. The molecular formula is C24H30O7. The van der Waals surface area contributed by atoms with Gasteiger partial charge in [-0.05, 0) is 64.3 Å². The van der Waals surface area contributed by atoms with E-state index in [1.165, 1.54) is 6.92 Å². The molecule has 1 heterocycles. The van der Waals surface area contributed by atoms with Crippen molar-refractivity contribution in [1.82, 2.24) is 0 Å². The Morgan fingerprint density at radius 3 is 2.35 bits per heavy atom. The van der Waals surface area contributed by atoms with Gasteiger partial charge in [0.15, 0.2) is 5.78 Å². The first-order valence-electron chi connectivity index (χ1n) is 10.6. The van der Waals surface area contributed by atoms with E-state index in [4.69, 9.17) is 13.9 Å². The standard InChI is InChI=1S/C24H30O7/c1-7-29-22(26)19-17(25)11-24(6,28)20(23(27)30-8-2)18(19)15-9-12(3)21-16(10-15)13(4)14(5)31-21/h9-10,18-20,28H,7-8,11H2,1-6H3. The minimum Gasteiger partial charge on any atom is -0.466 e. The number of aliphatic hydroxyl groups is 1. The average molecular weight is 430 g/mol. The molecule has 7 nitrogen and oxygen atoms in total. The summed E-state index contributed by atoms with van der Waals surface area (Å²) in [7, 11) is 0. The second-order valence-corrected chi connectivity index (χ2v) is 8.48. The van der Waals surface area contributed by atoms with Crippen LogP contribution in [-0.2, 0) is 23.9 Å². The highest BCUT2D eigenvalue weighted by atomic mass is 16.5. The summed E-state index contributed by atoms with van der Waals surface area (Å²) in [6.45, 7) is 10.7. The number of carbonyl (C=O) groups is 3. The molecule has 1 saturated carbocycles. The number of hydrogen-bond acceptors (Lipinski definition) is 7. The minimum absolute atomic E-state index is 0.105. The largest absolute Gasteiger partial charge is 0.466 e. The second-order valence-electron chi connectivity index (χ2n) is 8.48. The third-order valence-corrected chi connectivity index (χ3v) is 6.22. The summed E-state index contributed by atoms with van der Waals surface area (Å²) in [6, 6.07) is 3.65. The van der Waals surface area contributed by atoms with Gasteiger partial charge in [0.25, 0.3) is 0 Å². The summed E-state index contributed by atoms with van der Waals surface area (Å²) in [5, 5.41) is 12.0. The van der Waals surface area contributed by atoms with Crippen LogP contribution in [0, 0.1) is 32.6 Å². The van der Waals surface area contributed by atoms with E-state index in [1.807, 2.05) is 32.9 Å². The molecular weight excluding hydrogens is 400 g/mol. The Balaban J connectivity index is 2.27. The Bertz CT molecular complexity index is 1030. The molecule has 0 bridgehead atoms. The lowest BCUT2D eigenvalue weighted by Crippen LogP contribution is -2.55. The van der Waals surface area contributed by atoms with E-state index >= 15 is 0 Å². The van der Waals surface area contributed by atoms with Gasteiger partial charge in [-0.1, -0.05) is 6.07 Å². The fourth-order valence-electron chi connectivity index (χ4n) is 4.71. The summed E-state index contributed by atoms with van der Waals surface area (Å²) < 4.78 is 16.3. The number of ether oxygens (including phenoxy) is 2. The molecule has 0 aliphatic heterocycles. The van der Waals surface area contributed by atoms with Crippen molar-refractivity contribution in [3.8, 4) is 0 Å². The summed E-state index contributed by atoms with van der Waals surface area (Å²) >= 11 is 0. The van der Waals surface area contributed by atoms with Gasteiger partial charge in [-0.2, -0.15) is 0 Å². The minimum atomic E-state index is -1.67. The summed E-state index contributed by atoms with van der Waals surface area (Å²) in [5.74, 6) is -4.26. The molecule has 168 valence electrons. The highest BCUT2D eigenvalue weighted by Crippen LogP contribution is 2.48. The zero-order valence-corrected chi connectivity index (χ0v) is 18.9. The van der Waals surface area contributed by atoms with Gasteiger partial charge < -0.3 is 19.0 Å². The topological polar surface area (TPSA) is 103 Å². The number of furan rings is 1. The van der Waals surface area contributed by atoms with Crippen LogP contribution in [0.15, 0.2) is 16.5 Å². The molecule has 0 spiro atoms. The fourth-order valence-corrected chi connectivity index (χ4v) is 4.71. The van der Waals surface area contributed by atoms with Gasteiger partial charge in [0, 0.05) is 17.7 Å². The average Bonchev–Trinajstić information content (AvgIpc) is 2.95. The molecule has 1 aliphatic rings. The molecule has 1 N–H and O–H groups in total. The molecule has 1 aliphatic carbocycles. The molecule has 2 aromatic rings. The van der Waals surface area contributed by atoms with E-state index in [0.29, 0.717) is 11.1 Å². The number of carbonyl (C=O) groups excluding carboxylic acids is 3. The van der Waals surface area contributed by atoms with E-state index < -0.39 is 41.1 Å². The van der Waals surface area contributed by atoms with Crippen molar-refractivity contribution in [2.75, 3.05) is 13.2 Å². The van der Waals surface area contributed by atoms with Gasteiger partial charge in [-0.15, -0.1) is 0 Å². The van der Waals surface area contributed by atoms with Crippen LogP contribution < -0.4 is 0 Å². The molecule has 0 amide bonds. The van der Waals surface area contributed by atoms with E-state index in [-0.39, 0.29) is 19.6 Å². The lowest BCUT2D eigenvalue weighted by Gasteiger charge is -2.43. The van der Waals surface area contributed by atoms with E-state index in [0.717, 1.165) is 22.3 Å². The molecule has 31 heavy (non-hydrogen) atoms. The fraction of sp³-hybridized carbons (Fsp3) is 0.542. The number of rotatable bonds is 5. The second kappa shape index (κ2) is 8.46. The van der Waals surface area contributed by atoms with Crippen molar-refractivity contribution < 1.29 is 33.4 Å². The van der Waals surface area contributed by atoms with Crippen molar-refractivity contribution in [2.24, 2.45) is 11.8 Å². The lowest BCUT2D eigenvalue weighted by atomic mass is 9.61. The summed E-state index contributed by atoms with van der Waals surface area (Å²) in [4.78, 5) is 38.9. The highest BCUT2D eigenvalue weighted by Gasteiger charge is 2.57. The van der Waals surface area contributed by atoms with Gasteiger partial charge in [0.2, 0.25) is 0 Å². The number of esters is 2. The van der Waals surface area contributed by atoms with Crippen LogP contribution in [0.5, 0.6) is 0 Å². The first-order chi connectivity index (χ1) is 14.5. The van der Waals surface area contributed by atoms with Gasteiger partial charge in [-0.25, -0.2) is 0 Å². The Morgan fingerprint density at radius 2 is 1.74 bits per heavy atom. The molecule has 7 heteroatoms. The first kappa shape index (κ1) is 23.0. The Labute approximate surface area is 181 Å². The molecule has 1 aromatic carbocycles. The maximum Gasteiger partial charge on any atom is 0.317 e. The van der Waals surface area contributed by atoms with Crippen LogP contribution in [0.3, 0.4) is 0 Å². The third-order valence-electron chi connectivity index (χ3n) is 6.22. The van der Waals surface area contributed by atoms with Crippen LogP contribution in [-0.4, -0.2) is 41.6 Å². The van der Waals surface area contributed by atoms with Crippen LogP contribution in [0.2, 0.25) is 0 Å². The summed E-state index contributed by atoms with van der Waals surface area (Å²) in [6.07, 6.45) is -0.332. The lowest BCUT2D eigenvalue weighted by molar-refractivity contribution is -0.172. The molecule has 1 aromatic heterocycles. The van der Waals surface area contributed by atoms with Crippen molar-refractivity contribution in [3.63, 3.8) is 0 Å². The maximum atomic E-state index is 13.0. The number of ketones is 1.